The maximum absolute atomic E-state index is 6.45. The Morgan fingerprint density at radius 3 is 2.56 bits per heavy atom. The van der Waals surface area contributed by atoms with Crippen LogP contribution in [0, 0.1) is 13.8 Å². The Morgan fingerprint density at radius 1 is 1.33 bits per heavy atom. The van der Waals surface area contributed by atoms with Gasteiger partial charge in [0.2, 0.25) is 0 Å². The topological polar surface area (TPSA) is 50.9 Å². The third-order valence-corrected chi connectivity index (χ3v) is 5.20. The van der Waals surface area contributed by atoms with E-state index in [9.17, 15) is 0 Å². The molecule has 1 saturated carbocycles. The first kappa shape index (κ1) is 14.0. The number of aromatic nitrogens is 1. The van der Waals surface area contributed by atoms with Crippen LogP contribution >= 0.6 is 11.3 Å². The predicted octanol–water partition coefficient (Wildman–Crippen LogP) is 3.07. The molecule has 3 nitrogen and oxygen atoms in total. The molecule has 0 amide bonds. The molecule has 0 aromatic carbocycles. The van der Waals surface area contributed by atoms with Gasteiger partial charge in [-0.15, -0.1) is 11.3 Å². The number of hydrogen-bond donors (Lipinski definition) is 2. The van der Waals surface area contributed by atoms with E-state index in [0.29, 0.717) is 6.04 Å². The van der Waals surface area contributed by atoms with Gasteiger partial charge in [0.15, 0.2) is 0 Å². The van der Waals surface area contributed by atoms with Gasteiger partial charge in [0.05, 0.1) is 10.7 Å². The minimum absolute atomic E-state index is 0.0140. The molecule has 1 atom stereocenters. The van der Waals surface area contributed by atoms with Crippen molar-refractivity contribution in [3.63, 3.8) is 0 Å². The van der Waals surface area contributed by atoms with E-state index in [1.165, 1.54) is 24.1 Å². The quantitative estimate of drug-likeness (QED) is 0.881. The monoisotopic (exact) mass is 267 g/mol. The van der Waals surface area contributed by atoms with Crippen LogP contribution in [0.15, 0.2) is 0 Å². The second-order valence-electron chi connectivity index (χ2n) is 5.71. The summed E-state index contributed by atoms with van der Waals surface area (Å²) in [6.45, 7) is 7.30. The molecule has 0 aliphatic heterocycles. The molecule has 2 rings (SSSR count). The van der Waals surface area contributed by atoms with Gasteiger partial charge >= 0.3 is 0 Å². The fourth-order valence-corrected chi connectivity index (χ4v) is 3.78. The lowest BCUT2D eigenvalue weighted by Gasteiger charge is -2.34. The first-order valence-corrected chi connectivity index (χ1v) is 7.78. The van der Waals surface area contributed by atoms with E-state index in [4.69, 9.17) is 5.73 Å². The van der Waals surface area contributed by atoms with Crippen molar-refractivity contribution in [3.05, 3.63) is 15.6 Å². The lowest BCUT2D eigenvalue weighted by atomic mass is 9.82. The van der Waals surface area contributed by atoms with Crippen LogP contribution in [0.2, 0.25) is 0 Å². The highest BCUT2D eigenvalue weighted by Crippen LogP contribution is 2.28. The molecule has 1 aromatic rings. The van der Waals surface area contributed by atoms with Crippen LogP contribution in [-0.4, -0.2) is 17.1 Å². The summed E-state index contributed by atoms with van der Waals surface area (Å²) in [6.07, 6.45) is 6.24. The number of rotatable bonds is 4. The summed E-state index contributed by atoms with van der Waals surface area (Å²) in [5, 5.41) is 4.76. The van der Waals surface area contributed by atoms with Gasteiger partial charge in [-0.25, -0.2) is 4.98 Å². The predicted molar refractivity (Wildman–Crippen MR) is 78.0 cm³/mol. The average Bonchev–Trinajstić information content (AvgIpc) is 2.67. The molecule has 1 unspecified atom stereocenters. The summed E-state index contributed by atoms with van der Waals surface area (Å²) in [5.41, 5.74) is 7.63. The molecule has 0 spiro atoms. The number of nitrogens with one attached hydrogen (secondary N) is 1. The highest BCUT2D eigenvalue weighted by atomic mass is 32.1. The molecule has 3 N–H and O–H groups in total. The second kappa shape index (κ2) is 5.68. The number of nitrogens with two attached hydrogens (primary N) is 1. The number of hydrogen-bond acceptors (Lipinski definition) is 4. The summed E-state index contributed by atoms with van der Waals surface area (Å²) in [6, 6.07) is 0.360. The summed E-state index contributed by atoms with van der Waals surface area (Å²) >= 11 is 1.79. The normalized spacial score (nSPS) is 20.9. The average molecular weight is 267 g/mol. The molecule has 4 heteroatoms. The van der Waals surface area contributed by atoms with E-state index in [0.717, 1.165) is 30.1 Å². The Kier molecular flexibility index (Phi) is 4.41. The van der Waals surface area contributed by atoms with Gasteiger partial charge < -0.3 is 11.1 Å². The maximum Gasteiger partial charge on any atom is 0.0900 e. The van der Waals surface area contributed by atoms with Crippen molar-refractivity contribution in [3.8, 4) is 0 Å². The van der Waals surface area contributed by atoms with Crippen LogP contribution in [0.1, 0.15) is 60.6 Å². The zero-order chi connectivity index (χ0) is 13.2. The highest BCUT2D eigenvalue weighted by molar-refractivity contribution is 7.11. The van der Waals surface area contributed by atoms with E-state index in [-0.39, 0.29) is 5.54 Å². The zero-order valence-electron chi connectivity index (χ0n) is 11.8. The minimum atomic E-state index is 0.0140. The third-order valence-electron chi connectivity index (χ3n) is 3.94. The maximum atomic E-state index is 6.45. The van der Waals surface area contributed by atoms with Gasteiger partial charge in [-0.3, -0.25) is 0 Å². The van der Waals surface area contributed by atoms with Crippen LogP contribution in [0.3, 0.4) is 0 Å². The van der Waals surface area contributed by atoms with E-state index in [1.54, 1.807) is 11.3 Å². The van der Waals surface area contributed by atoms with Gasteiger partial charge in [-0.05, 0) is 33.6 Å². The number of thiazole rings is 1. The van der Waals surface area contributed by atoms with E-state index in [1.807, 2.05) is 0 Å². The van der Waals surface area contributed by atoms with Crippen molar-refractivity contribution >= 4 is 11.3 Å². The van der Waals surface area contributed by atoms with Crippen molar-refractivity contribution in [2.45, 2.75) is 64.5 Å². The van der Waals surface area contributed by atoms with Crippen molar-refractivity contribution in [1.82, 2.24) is 10.3 Å². The smallest absolute Gasteiger partial charge is 0.0900 e. The molecule has 102 valence electrons. The molecule has 18 heavy (non-hydrogen) atoms. The highest BCUT2D eigenvalue weighted by Gasteiger charge is 2.27. The third kappa shape index (κ3) is 3.31. The fraction of sp³-hybridized carbons (Fsp3) is 0.786. The van der Waals surface area contributed by atoms with Crippen LogP contribution in [0.25, 0.3) is 0 Å². The van der Waals surface area contributed by atoms with Crippen LogP contribution in [-0.2, 0) is 0 Å². The van der Waals surface area contributed by atoms with Gasteiger partial charge in [0.25, 0.3) is 0 Å². The standard InChI is InChI=1S/C14H25N3S/c1-10(13-11(2)17-12(3)18-13)16-9-14(15)7-5-4-6-8-14/h10,16H,4-9,15H2,1-3H3. The Balaban J connectivity index is 1.91. The summed E-state index contributed by atoms with van der Waals surface area (Å²) in [4.78, 5) is 5.85. The summed E-state index contributed by atoms with van der Waals surface area (Å²) in [5.74, 6) is 0. The van der Waals surface area contributed by atoms with E-state index >= 15 is 0 Å². The molecular weight excluding hydrogens is 242 g/mol. The lowest BCUT2D eigenvalue weighted by molar-refractivity contribution is 0.276. The van der Waals surface area contributed by atoms with Crippen LogP contribution < -0.4 is 11.1 Å². The van der Waals surface area contributed by atoms with E-state index < -0.39 is 0 Å². The SMILES string of the molecule is Cc1nc(C)c(C(C)NCC2(N)CCCCC2)s1. The summed E-state index contributed by atoms with van der Waals surface area (Å²) < 4.78 is 0. The van der Waals surface area contributed by atoms with Gasteiger partial charge in [-0.2, -0.15) is 0 Å². The molecule has 1 fully saturated rings. The van der Waals surface area contributed by atoms with Crippen molar-refractivity contribution in [2.75, 3.05) is 6.54 Å². The largest absolute Gasteiger partial charge is 0.324 e. The Hall–Kier alpha value is -0.450. The lowest BCUT2D eigenvalue weighted by Crippen LogP contribution is -2.50. The first-order chi connectivity index (χ1) is 8.50. The molecule has 1 aromatic heterocycles. The Labute approximate surface area is 114 Å². The Morgan fingerprint density at radius 2 is 2.00 bits per heavy atom. The number of nitrogens with zero attached hydrogens (tertiary/aromatic N) is 1. The van der Waals surface area contributed by atoms with Crippen molar-refractivity contribution in [1.29, 1.82) is 0 Å². The van der Waals surface area contributed by atoms with Gasteiger partial charge in [0.1, 0.15) is 0 Å². The van der Waals surface area contributed by atoms with Crippen LogP contribution in [0.4, 0.5) is 0 Å². The summed E-state index contributed by atoms with van der Waals surface area (Å²) in [7, 11) is 0. The molecule has 0 bridgehead atoms. The van der Waals surface area contributed by atoms with Crippen molar-refractivity contribution in [2.24, 2.45) is 5.73 Å². The molecule has 0 radical (unpaired) electrons. The van der Waals surface area contributed by atoms with Crippen LogP contribution in [0.5, 0.6) is 0 Å². The number of aryl methyl sites for hydroxylation is 2. The molecule has 0 saturated heterocycles. The molecular formula is C14H25N3S. The van der Waals surface area contributed by atoms with Crippen molar-refractivity contribution < 1.29 is 0 Å². The molecule has 1 aliphatic rings. The Bertz CT molecular complexity index is 394. The fourth-order valence-electron chi connectivity index (χ4n) is 2.83. The molecule has 1 aliphatic carbocycles. The zero-order valence-corrected chi connectivity index (χ0v) is 12.6. The van der Waals surface area contributed by atoms with E-state index in [2.05, 4.69) is 31.1 Å². The minimum Gasteiger partial charge on any atom is -0.324 e. The first-order valence-electron chi connectivity index (χ1n) is 6.96. The second-order valence-corrected chi connectivity index (χ2v) is 6.94. The molecule has 1 heterocycles. The van der Waals surface area contributed by atoms with Gasteiger partial charge in [0, 0.05) is 23.0 Å². The van der Waals surface area contributed by atoms with Gasteiger partial charge in [-0.1, -0.05) is 19.3 Å².